The van der Waals surface area contributed by atoms with Crippen LogP contribution in [-0.2, 0) is 9.59 Å². The van der Waals surface area contributed by atoms with Crippen LogP contribution in [0.25, 0.3) is 0 Å². The van der Waals surface area contributed by atoms with Crippen LogP contribution in [0.5, 0.6) is 0 Å². The summed E-state index contributed by atoms with van der Waals surface area (Å²) in [7, 11) is 0. The minimum absolute atomic E-state index is 1.25. The summed E-state index contributed by atoms with van der Waals surface area (Å²) in [6.07, 6.45) is -5.95. The molecule has 0 aromatic heterocycles. The minimum atomic E-state index is -5.08. The Morgan fingerprint density at radius 1 is 0.750 bits per heavy atom. The second-order valence-corrected chi connectivity index (χ2v) is 3.42. The molecule has 1 saturated heterocycles. The van der Waals surface area contributed by atoms with E-state index < -0.39 is 24.3 Å². The third kappa shape index (κ3) is 14.5. The zero-order valence-electron chi connectivity index (χ0n) is 10.0. The van der Waals surface area contributed by atoms with E-state index >= 15 is 0 Å². The molecule has 1 fully saturated rings. The van der Waals surface area contributed by atoms with Crippen molar-refractivity contribution in [2.45, 2.75) is 31.6 Å². The van der Waals surface area contributed by atoms with Crippen LogP contribution >= 0.6 is 0 Å². The highest BCUT2D eigenvalue weighted by atomic mass is 19.4. The monoisotopic (exact) mass is 313 g/mol. The van der Waals surface area contributed by atoms with Gasteiger partial charge in [-0.15, -0.1) is 0 Å². The fourth-order valence-electron chi connectivity index (χ4n) is 0.802. The van der Waals surface area contributed by atoms with E-state index in [0.717, 1.165) is 0 Å². The highest BCUT2D eigenvalue weighted by molar-refractivity contribution is 5.73. The van der Waals surface area contributed by atoms with Gasteiger partial charge in [-0.25, -0.2) is 9.59 Å². The SMILES string of the molecule is C1CCNCC1.O=C(O)C(F)(F)F.O=C(O)C(F)(F)F. The largest absolute Gasteiger partial charge is 0.490 e. The Morgan fingerprint density at radius 2 is 1.00 bits per heavy atom. The molecule has 120 valence electrons. The Kier molecular flexibility index (Phi) is 9.77. The molecule has 0 aromatic rings. The lowest BCUT2D eigenvalue weighted by Gasteiger charge is -2.08. The maximum Gasteiger partial charge on any atom is 0.490 e. The molecule has 1 heterocycles. The topological polar surface area (TPSA) is 86.6 Å². The summed E-state index contributed by atoms with van der Waals surface area (Å²) in [5.41, 5.74) is 0. The van der Waals surface area contributed by atoms with E-state index in [4.69, 9.17) is 19.8 Å². The van der Waals surface area contributed by atoms with Crippen LogP contribution in [0.1, 0.15) is 19.3 Å². The van der Waals surface area contributed by atoms with Gasteiger partial charge < -0.3 is 15.5 Å². The molecule has 0 aromatic carbocycles. The van der Waals surface area contributed by atoms with Gasteiger partial charge in [-0.3, -0.25) is 0 Å². The molecular weight excluding hydrogens is 300 g/mol. The molecule has 3 N–H and O–H groups in total. The second-order valence-electron chi connectivity index (χ2n) is 3.42. The van der Waals surface area contributed by atoms with Gasteiger partial charge in [-0.2, -0.15) is 26.3 Å². The van der Waals surface area contributed by atoms with Crippen molar-refractivity contribution in [3.8, 4) is 0 Å². The summed E-state index contributed by atoms with van der Waals surface area (Å²) in [6, 6.07) is 0. The molecule has 0 bridgehead atoms. The summed E-state index contributed by atoms with van der Waals surface area (Å²) in [5, 5.41) is 17.5. The first-order valence-corrected chi connectivity index (χ1v) is 5.20. The molecule has 1 aliphatic rings. The summed E-state index contributed by atoms with van der Waals surface area (Å²) in [6.45, 7) is 2.50. The highest BCUT2D eigenvalue weighted by Gasteiger charge is 2.38. The van der Waals surface area contributed by atoms with E-state index in [1.165, 1.54) is 32.4 Å². The van der Waals surface area contributed by atoms with Gasteiger partial charge in [0.25, 0.3) is 0 Å². The molecule has 1 aliphatic heterocycles. The number of carboxylic acids is 2. The predicted molar refractivity (Wildman–Crippen MR) is 54.1 cm³/mol. The number of alkyl halides is 6. The van der Waals surface area contributed by atoms with Gasteiger partial charge in [0, 0.05) is 0 Å². The van der Waals surface area contributed by atoms with Crippen molar-refractivity contribution in [3.05, 3.63) is 0 Å². The van der Waals surface area contributed by atoms with Gasteiger partial charge >= 0.3 is 24.3 Å². The lowest BCUT2D eigenvalue weighted by Crippen LogP contribution is -2.21. The van der Waals surface area contributed by atoms with Crippen molar-refractivity contribution >= 4 is 11.9 Å². The molecule has 5 nitrogen and oxygen atoms in total. The van der Waals surface area contributed by atoms with E-state index in [9.17, 15) is 26.3 Å². The van der Waals surface area contributed by atoms with Crippen LogP contribution in [0.2, 0.25) is 0 Å². The summed E-state index contributed by atoms with van der Waals surface area (Å²) in [5.74, 6) is -5.51. The van der Waals surface area contributed by atoms with Crippen molar-refractivity contribution in [1.29, 1.82) is 0 Å². The van der Waals surface area contributed by atoms with E-state index in [-0.39, 0.29) is 0 Å². The smallest absolute Gasteiger partial charge is 0.475 e. The van der Waals surface area contributed by atoms with Gasteiger partial charge in [0.1, 0.15) is 0 Å². The summed E-state index contributed by atoms with van der Waals surface area (Å²) >= 11 is 0. The maximum absolute atomic E-state index is 10.6. The number of aliphatic carboxylic acids is 2. The van der Waals surface area contributed by atoms with Gasteiger partial charge in [0.05, 0.1) is 0 Å². The first-order valence-electron chi connectivity index (χ1n) is 5.20. The molecular formula is C9H13F6NO4. The molecule has 20 heavy (non-hydrogen) atoms. The zero-order chi connectivity index (χ0) is 16.4. The number of rotatable bonds is 0. The van der Waals surface area contributed by atoms with Crippen molar-refractivity contribution in [2.24, 2.45) is 0 Å². The Bertz CT molecular complexity index is 262. The molecule has 0 unspecified atom stereocenters. The molecule has 0 amide bonds. The number of hydrogen-bond donors (Lipinski definition) is 3. The van der Waals surface area contributed by atoms with Crippen molar-refractivity contribution < 1.29 is 46.1 Å². The molecule has 0 radical (unpaired) electrons. The van der Waals surface area contributed by atoms with E-state index in [1.54, 1.807) is 0 Å². The van der Waals surface area contributed by atoms with Gasteiger partial charge in [0.15, 0.2) is 0 Å². The van der Waals surface area contributed by atoms with Crippen molar-refractivity contribution in [1.82, 2.24) is 5.32 Å². The predicted octanol–water partition coefficient (Wildman–Crippen LogP) is 2.03. The van der Waals surface area contributed by atoms with Crippen LogP contribution in [0, 0.1) is 0 Å². The number of halogens is 6. The Hall–Kier alpha value is -1.52. The van der Waals surface area contributed by atoms with E-state index in [0.29, 0.717) is 0 Å². The first-order chi connectivity index (χ1) is 8.89. The molecule has 1 rings (SSSR count). The van der Waals surface area contributed by atoms with Crippen molar-refractivity contribution in [3.63, 3.8) is 0 Å². The van der Waals surface area contributed by atoms with E-state index in [1.807, 2.05) is 0 Å². The van der Waals surface area contributed by atoms with Crippen molar-refractivity contribution in [2.75, 3.05) is 13.1 Å². The van der Waals surface area contributed by atoms with Gasteiger partial charge in [0.2, 0.25) is 0 Å². The Labute approximate surface area is 109 Å². The average molecular weight is 313 g/mol. The van der Waals surface area contributed by atoms with Crippen LogP contribution in [0.15, 0.2) is 0 Å². The maximum atomic E-state index is 10.6. The zero-order valence-corrected chi connectivity index (χ0v) is 10.0. The fraction of sp³-hybridized carbons (Fsp3) is 0.778. The first kappa shape index (κ1) is 20.8. The number of nitrogens with one attached hydrogen (secondary N) is 1. The summed E-state index contributed by atoms with van der Waals surface area (Å²) in [4.78, 5) is 17.8. The number of carbonyl (C=O) groups is 2. The lowest BCUT2D eigenvalue weighted by atomic mass is 10.2. The number of hydrogen-bond acceptors (Lipinski definition) is 3. The molecule has 0 atom stereocenters. The molecule has 0 saturated carbocycles. The van der Waals surface area contributed by atoms with E-state index in [2.05, 4.69) is 5.32 Å². The number of piperidine rings is 1. The average Bonchev–Trinajstić information content (AvgIpc) is 2.30. The molecule has 0 spiro atoms. The van der Waals surface area contributed by atoms with Crippen LogP contribution in [0.3, 0.4) is 0 Å². The molecule has 0 aliphatic carbocycles. The quantitative estimate of drug-likeness (QED) is 0.596. The number of carboxylic acid groups (broad SMARTS) is 2. The summed E-state index contributed by atoms with van der Waals surface area (Å²) < 4.78 is 63.5. The van der Waals surface area contributed by atoms with Crippen LogP contribution in [-0.4, -0.2) is 47.6 Å². The minimum Gasteiger partial charge on any atom is -0.475 e. The normalized spacial score (nSPS) is 15.1. The van der Waals surface area contributed by atoms with Crippen LogP contribution < -0.4 is 5.32 Å². The Balaban J connectivity index is 0. The third-order valence-electron chi connectivity index (χ3n) is 1.69. The van der Waals surface area contributed by atoms with Gasteiger partial charge in [-0.1, -0.05) is 6.42 Å². The third-order valence-corrected chi connectivity index (χ3v) is 1.69. The van der Waals surface area contributed by atoms with Crippen LogP contribution in [0.4, 0.5) is 26.3 Å². The standard InChI is InChI=1S/C5H11N.2C2HF3O2/c1-2-4-6-5-3-1;2*3-2(4,5)1(6)7/h6H,1-5H2;2*(H,6,7). The highest BCUT2D eigenvalue weighted by Crippen LogP contribution is 2.13. The lowest BCUT2D eigenvalue weighted by molar-refractivity contribution is -0.193. The molecule has 11 heteroatoms. The Morgan fingerprint density at radius 3 is 1.05 bits per heavy atom. The van der Waals surface area contributed by atoms with Gasteiger partial charge in [-0.05, 0) is 25.9 Å². The second kappa shape index (κ2) is 9.39. The fourth-order valence-corrected chi connectivity index (χ4v) is 0.802.